The molecular formula is C15H15NO4S. The molecular weight excluding hydrogens is 290 g/mol. The molecule has 0 spiro atoms. The van der Waals surface area contributed by atoms with Crippen molar-refractivity contribution in [3.8, 4) is 5.75 Å². The van der Waals surface area contributed by atoms with Crippen molar-refractivity contribution in [2.24, 2.45) is 0 Å². The highest BCUT2D eigenvalue weighted by Gasteiger charge is 2.21. The number of carbonyl (C=O) groups is 1. The van der Waals surface area contributed by atoms with Gasteiger partial charge in [-0.1, -0.05) is 24.3 Å². The van der Waals surface area contributed by atoms with Crippen LogP contribution in [0, 0.1) is 13.8 Å². The number of rotatable bonds is 3. The van der Waals surface area contributed by atoms with Crippen LogP contribution in [0.1, 0.15) is 21.5 Å². The Labute approximate surface area is 123 Å². The molecule has 0 bridgehead atoms. The molecule has 0 saturated heterocycles. The van der Waals surface area contributed by atoms with Gasteiger partial charge in [0.2, 0.25) is 0 Å². The average Bonchev–Trinajstić information content (AvgIpc) is 2.41. The molecule has 2 N–H and O–H groups in total. The van der Waals surface area contributed by atoms with Gasteiger partial charge in [-0.05, 0) is 37.1 Å². The van der Waals surface area contributed by atoms with Crippen LogP contribution in [0.5, 0.6) is 5.75 Å². The molecule has 5 nitrogen and oxygen atoms in total. The van der Waals surface area contributed by atoms with Crippen LogP contribution in [-0.2, 0) is 10.0 Å². The van der Waals surface area contributed by atoms with Gasteiger partial charge in [-0.3, -0.25) is 4.79 Å². The van der Waals surface area contributed by atoms with Crippen LogP contribution in [0.2, 0.25) is 0 Å². The topological polar surface area (TPSA) is 83.5 Å². The first-order chi connectivity index (χ1) is 9.81. The SMILES string of the molecule is Cc1ccccc1C(=O)NS(=O)(=O)c1cc(O)ccc1C. The summed E-state index contributed by atoms with van der Waals surface area (Å²) in [5.74, 6) is -0.875. The molecule has 0 fully saturated rings. The van der Waals surface area contributed by atoms with Gasteiger partial charge < -0.3 is 5.11 Å². The van der Waals surface area contributed by atoms with Gasteiger partial charge >= 0.3 is 0 Å². The highest BCUT2D eigenvalue weighted by Crippen LogP contribution is 2.21. The molecule has 21 heavy (non-hydrogen) atoms. The zero-order valence-electron chi connectivity index (χ0n) is 11.6. The molecule has 0 heterocycles. The average molecular weight is 305 g/mol. The zero-order valence-corrected chi connectivity index (χ0v) is 12.4. The number of carbonyl (C=O) groups excluding carboxylic acids is 1. The number of nitrogens with one attached hydrogen (secondary N) is 1. The van der Waals surface area contributed by atoms with Gasteiger partial charge in [0, 0.05) is 11.6 Å². The number of aromatic hydroxyl groups is 1. The Morgan fingerprint density at radius 1 is 1.05 bits per heavy atom. The van der Waals surface area contributed by atoms with Crippen molar-refractivity contribution in [3.63, 3.8) is 0 Å². The third-order valence-corrected chi connectivity index (χ3v) is 4.55. The van der Waals surface area contributed by atoms with E-state index in [1.807, 2.05) is 4.72 Å². The number of benzene rings is 2. The Kier molecular flexibility index (Phi) is 3.99. The van der Waals surface area contributed by atoms with Crippen LogP contribution in [0.15, 0.2) is 47.4 Å². The Balaban J connectivity index is 2.36. The quantitative estimate of drug-likeness (QED) is 0.910. The molecule has 1 amide bonds. The highest BCUT2D eigenvalue weighted by atomic mass is 32.2. The number of hydrogen-bond acceptors (Lipinski definition) is 4. The lowest BCUT2D eigenvalue weighted by Crippen LogP contribution is -2.31. The van der Waals surface area contributed by atoms with Crippen LogP contribution in [-0.4, -0.2) is 19.4 Å². The smallest absolute Gasteiger partial charge is 0.265 e. The Morgan fingerprint density at radius 3 is 2.38 bits per heavy atom. The number of amides is 1. The molecule has 0 radical (unpaired) electrons. The van der Waals surface area contributed by atoms with Gasteiger partial charge in [0.25, 0.3) is 15.9 Å². The standard InChI is InChI=1S/C15H15NO4S/c1-10-5-3-4-6-13(10)15(18)16-21(19,20)14-9-12(17)8-7-11(14)2/h3-9,17H,1-2H3,(H,16,18). The highest BCUT2D eigenvalue weighted by molar-refractivity contribution is 7.90. The summed E-state index contributed by atoms with van der Waals surface area (Å²) in [4.78, 5) is 12.0. The normalized spacial score (nSPS) is 11.1. The first kappa shape index (κ1) is 15.1. The Bertz CT molecular complexity index is 797. The summed E-state index contributed by atoms with van der Waals surface area (Å²) >= 11 is 0. The largest absolute Gasteiger partial charge is 0.508 e. The minimum absolute atomic E-state index is 0.121. The van der Waals surface area contributed by atoms with E-state index >= 15 is 0 Å². The molecule has 0 aliphatic heterocycles. The summed E-state index contributed by atoms with van der Waals surface area (Å²) in [7, 11) is -4.04. The van der Waals surface area contributed by atoms with E-state index in [2.05, 4.69) is 0 Å². The lowest BCUT2D eigenvalue weighted by Gasteiger charge is -2.10. The van der Waals surface area contributed by atoms with Gasteiger partial charge in [0.05, 0.1) is 4.90 Å². The lowest BCUT2D eigenvalue weighted by atomic mass is 10.1. The molecule has 2 aromatic rings. The molecule has 0 aromatic heterocycles. The van der Waals surface area contributed by atoms with E-state index in [1.165, 1.54) is 12.1 Å². The van der Waals surface area contributed by atoms with Crippen LogP contribution >= 0.6 is 0 Å². The molecule has 6 heteroatoms. The molecule has 2 aromatic carbocycles. The van der Waals surface area contributed by atoms with Crippen molar-refractivity contribution in [1.82, 2.24) is 4.72 Å². The van der Waals surface area contributed by atoms with E-state index in [4.69, 9.17) is 0 Å². The van der Waals surface area contributed by atoms with E-state index < -0.39 is 15.9 Å². The predicted molar refractivity (Wildman–Crippen MR) is 78.7 cm³/mol. The molecule has 0 aliphatic rings. The fourth-order valence-corrected chi connectivity index (χ4v) is 3.17. The van der Waals surface area contributed by atoms with Crippen molar-refractivity contribution in [3.05, 3.63) is 59.2 Å². The van der Waals surface area contributed by atoms with Crippen LogP contribution in [0.4, 0.5) is 0 Å². The molecule has 0 saturated carbocycles. The number of phenolic OH excluding ortho intramolecular Hbond substituents is 1. The van der Waals surface area contributed by atoms with Gasteiger partial charge in [0.15, 0.2) is 0 Å². The third-order valence-electron chi connectivity index (χ3n) is 3.08. The van der Waals surface area contributed by atoms with Gasteiger partial charge in [0.1, 0.15) is 5.75 Å². The zero-order chi connectivity index (χ0) is 15.6. The first-order valence-corrected chi connectivity index (χ1v) is 7.72. The molecule has 0 atom stereocenters. The third kappa shape index (κ3) is 3.22. The maximum Gasteiger partial charge on any atom is 0.265 e. The number of hydrogen-bond donors (Lipinski definition) is 2. The van der Waals surface area contributed by atoms with Crippen molar-refractivity contribution in [2.45, 2.75) is 18.7 Å². The van der Waals surface area contributed by atoms with Crippen LogP contribution in [0.25, 0.3) is 0 Å². The van der Waals surface area contributed by atoms with Crippen LogP contribution in [0.3, 0.4) is 0 Å². The number of aryl methyl sites for hydroxylation is 2. The van der Waals surface area contributed by atoms with E-state index in [-0.39, 0.29) is 10.6 Å². The summed E-state index contributed by atoms with van der Waals surface area (Å²) in [6, 6.07) is 10.7. The minimum atomic E-state index is -4.04. The molecule has 2 rings (SSSR count). The van der Waals surface area contributed by atoms with Crippen molar-refractivity contribution < 1.29 is 18.3 Å². The van der Waals surface area contributed by atoms with Crippen LogP contribution < -0.4 is 4.72 Å². The summed E-state index contributed by atoms with van der Waals surface area (Å²) in [5.41, 5.74) is 1.41. The van der Waals surface area contributed by atoms with E-state index in [9.17, 15) is 18.3 Å². The Morgan fingerprint density at radius 2 is 1.71 bits per heavy atom. The predicted octanol–water partition coefficient (Wildman–Crippen LogP) is 2.13. The van der Waals surface area contributed by atoms with Crippen molar-refractivity contribution in [1.29, 1.82) is 0 Å². The van der Waals surface area contributed by atoms with Gasteiger partial charge in [-0.25, -0.2) is 13.1 Å². The maximum absolute atomic E-state index is 12.3. The lowest BCUT2D eigenvalue weighted by molar-refractivity contribution is 0.0981. The monoisotopic (exact) mass is 305 g/mol. The van der Waals surface area contributed by atoms with E-state index in [0.717, 1.165) is 6.07 Å². The molecule has 0 aliphatic carbocycles. The fraction of sp³-hybridized carbons (Fsp3) is 0.133. The van der Waals surface area contributed by atoms with E-state index in [0.29, 0.717) is 16.7 Å². The fourth-order valence-electron chi connectivity index (χ4n) is 1.94. The molecule has 0 unspecified atom stereocenters. The van der Waals surface area contributed by atoms with Crippen molar-refractivity contribution >= 4 is 15.9 Å². The second-order valence-corrected chi connectivity index (χ2v) is 6.35. The number of phenols is 1. The second-order valence-electron chi connectivity index (χ2n) is 4.70. The summed E-state index contributed by atoms with van der Waals surface area (Å²) in [6.45, 7) is 3.31. The van der Waals surface area contributed by atoms with Gasteiger partial charge in [-0.2, -0.15) is 0 Å². The van der Waals surface area contributed by atoms with Crippen molar-refractivity contribution in [2.75, 3.05) is 0 Å². The maximum atomic E-state index is 12.3. The molecule has 110 valence electrons. The van der Waals surface area contributed by atoms with Gasteiger partial charge in [-0.15, -0.1) is 0 Å². The second kappa shape index (κ2) is 5.57. The Hall–Kier alpha value is -2.34. The summed E-state index contributed by atoms with van der Waals surface area (Å²) in [5, 5.41) is 9.42. The summed E-state index contributed by atoms with van der Waals surface area (Å²) in [6.07, 6.45) is 0. The number of sulfonamides is 1. The summed E-state index contributed by atoms with van der Waals surface area (Å²) < 4.78 is 26.5. The van der Waals surface area contributed by atoms with E-state index in [1.54, 1.807) is 38.1 Å². The minimum Gasteiger partial charge on any atom is -0.508 e. The first-order valence-electron chi connectivity index (χ1n) is 6.23.